The summed E-state index contributed by atoms with van der Waals surface area (Å²) in [6.07, 6.45) is 4.36. The van der Waals surface area contributed by atoms with Gasteiger partial charge in [-0.1, -0.05) is 31.9 Å². The minimum absolute atomic E-state index is 0.190. The topological polar surface area (TPSA) is 38.5 Å². The Balaban J connectivity index is 2.42. The maximum Gasteiger partial charge on any atom is 0.169 e. The molecule has 3 unspecified atom stereocenters. The van der Waals surface area contributed by atoms with Gasteiger partial charge < -0.3 is 15.4 Å². The SMILES string of the molecule is COc1cccc(C(N)C2(N(C)C)CCCC(C)C2)c1F. The monoisotopic (exact) mass is 294 g/mol. The molecule has 1 aromatic rings. The number of hydrogen-bond donors (Lipinski definition) is 1. The molecule has 0 saturated heterocycles. The van der Waals surface area contributed by atoms with Crippen molar-refractivity contribution in [3.05, 3.63) is 29.6 Å². The van der Waals surface area contributed by atoms with Gasteiger partial charge in [-0.15, -0.1) is 0 Å². The molecule has 3 atom stereocenters. The third-order valence-electron chi connectivity index (χ3n) is 5.03. The first-order valence-corrected chi connectivity index (χ1v) is 7.68. The second-order valence-corrected chi connectivity index (χ2v) is 6.54. The third-order valence-corrected chi connectivity index (χ3v) is 5.03. The summed E-state index contributed by atoms with van der Waals surface area (Å²) in [5, 5.41) is 0. The van der Waals surface area contributed by atoms with Crippen molar-refractivity contribution in [3.8, 4) is 5.75 Å². The summed E-state index contributed by atoms with van der Waals surface area (Å²) in [7, 11) is 5.59. The van der Waals surface area contributed by atoms with E-state index in [-0.39, 0.29) is 23.1 Å². The van der Waals surface area contributed by atoms with Gasteiger partial charge in [0.15, 0.2) is 11.6 Å². The smallest absolute Gasteiger partial charge is 0.169 e. The molecule has 1 fully saturated rings. The van der Waals surface area contributed by atoms with Crippen LogP contribution in [0, 0.1) is 11.7 Å². The number of hydrogen-bond acceptors (Lipinski definition) is 3. The van der Waals surface area contributed by atoms with E-state index in [0.717, 1.165) is 19.3 Å². The van der Waals surface area contributed by atoms with E-state index in [9.17, 15) is 4.39 Å². The molecule has 1 aromatic carbocycles. The van der Waals surface area contributed by atoms with Gasteiger partial charge in [0.1, 0.15) is 0 Å². The van der Waals surface area contributed by atoms with E-state index in [1.807, 2.05) is 6.07 Å². The van der Waals surface area contributed by atoms with Crippen LogP contribution >= 0.6 is 0 Å². The Morgan fingerprint density at radius 3 is 2.71 bits per heavy atom. The summed E-state index contributed by atoms with van der Waals surface area (Å²) in [5.74, 6) is 0.550. The summed E-state index contributed by atoms with van der Waals surface area (Å²) in [4.78, 5) is 2.19. The average molecular weight is 294 g/mol. The fourth-order valence-electron chi connectivity index (χ4n) is 3.75. The van der Waals surface area contributed by atoms with Crippen molar-refractivity contribution in [1.82, 2.24) is 4.90 Å². The van der Waals surface area contributed by atoms with E-state index in [1.165, 1.54) is 13.5 Å². The number of benzene rings is 1. The Morgan fingerprint density at radius 1 is 1.43 bits per heavy atom. The van der Waals surface area contributed by atoms with E-state index in [1.54, 1.807) is 12.1 Å². The molecule has 0 bridgehead atoms. The molecule has 0 aliphatic heterocycles. The number of nitrogens with zero attached hydrogens (tertiary/aromatic N) is 1. The van der Waals surface area contributed by atoms with Crippen molar-refractivity contribution < 1.29 is 9.13 Å². The highest BCUT2D eigenvalue weighted by molar-refractivity contribution is 5.35. The fourth-order valence-corrected chi connectivity index (χ4v) is 3.75. The predicted octanol–water partition coefficient (Wildman–Crippen LogP) is 3.34. The van der Waals surface area contributed by atoms with Gasteiger partial charge in [0.2, 0.25) is 0 Å². The number of likely N-dealkylation sites (N-methyl/N-ethyl adjacent to an activating group) is 1. The maximum atomic E-state index is 14.6. The van der Waals surface area contributed by atoms with E-state index in [0.29, 0.717) is 11.5 Å². The van der Waals surface area contributed by atoms with Crippen LogP contribution in [0.4, 0.5) is 4.39 Å². The zero-order valence-electron chi connectivity index (χ0n) is 13.5. The molecule has 21 heavy (non-hydrogen) atoms. The van der Waals surface area contributed by atoms with Crippen LogP contribution in [-0.2, 0) is 0 Å². The number of halogens is 1. The minimum Gasteiger partial charge on any atom is -0.494 e. The number of nitrogens with two attached hydrogens (primary N) is 1. The highest BCUT2D eigenvalue weighted by Crippen LogP contribution is 2.44. The molecule has 0 spiro atoms. The second kappa shape index (κ2) is 6.32. The van der Waals surface area contributed by atoms with Gasteiger partial charge in [-0.3, -0.25) is 0 Å². The van der Waals surface area contributed by atoms with Gasteiger partial charge >= 0.3 is 0 Å². The van der Waals surface area contributed by atoms with Gasteiger partial charge in [-0.25, -0.2) is 4.39 Å². The van der Waals surface area contributed by atoms with Crippen LogP contribution in [0.5, 0.6) is 5.75 Å². The van der Waals surface area contributed by atoms with Crippen LogP contribution in [0.1, 0.15) is 44.2 Å². The molecule has 4 heteroatoms. The van der Waals surface area contributed by atoms with Crippen LogP contribution in [0.2, 0.25) is 0 Å². The minimum atomic E-state index is -0.356. The molecular weight excluding hydrogens is 267 g/mol. The lowest BCUT2D eigenvalue weighted by Crippen LogP contribution is -2.55. The number of ether oxygens (including phenoxy) is 1. The fraction of sp³-hybridized carbons (Fsp3) is 0.647. The third kappa shape index (κ3) is 2.92. The molecule has 1 aliphatic rings. The zero-order valence-corrected chi connectivity index (χ0v) is 13.5. The highest BCUT2D eigenvalue weighted by atomic mass is 19.1. The van der Waals surface area contributed by atoms with Gasteiger partial charge in [0.05, 0.1) is 13.2 Å². The van der Waals surface area contributed by atoms with Crippen LogP contribution in [-0.4, -0.2) is 31.6 Å². The second-order valence-electron chi connectivity index (χ2n) is 6.54. The molecule has 2 rings (SSSR count). The highest BCUT2D eigenvalue weighted by Gasteiger charge is 2.43. The summed E-state index contributed by atoms with van der Waals surface area (Å²) >= 11 is 0. The first-order valence-electron chi connectivity index (χ1n) is 7.68. The Hall–Kier alpha value is -1.13. The number of methoxy groups -OCH3 is 1. The molecule has 0 aromatic heterocycles. The van der Waals surface area contributed by atoms with Crippen LogP contribution in [0.25, 0.3) is 0 Å². The zero-order chi connectivity index (χ0) is 15.6. The Morgan fingerprint density at radius 2 is 2.14 bits per heavy atom. The van der Waals surface area contributed by atoms with E-state index in [4.69, 9.17) is 10.5 Å². The van der Waals surface area contributed by atoms with Crippen LogP contribution < -0.4 is 10.5 Å². The predicted molar refractivity (Wildman–Crippen MR) is 83.9 cm³/mol. The lowest BCUT2D eigenvalue weighted by atomic mass is 9.70. The normalized spacial score (nSPS) is 27.7. The maximum absolute atomic E-state index is 14.6. The van der Waals surface area contributed by atoms with Gasteiger partial charge in [0, 0.05) is 11.1 Å². The lowest BCUT2D eigenvalue weighted by molar-refractivity contribution is 0.0487. The molecular formula is C17H27FN2O. The van der Waals surface area contributed by atoms with Crippen molar-refractivity contribution in [3.63, 3.8) is 0 Å². The molecule has 1 saturated carbocycles. The van der Waals surface area contributed by atoms with E-state index >= 15 is 0 Å². The molecule has 0 radical (unpaired) electrons. The van der Waals surface area contributed by atoms with Crippen molar-refractivity contribution in [2.75, 3.05) is 21.2 Å². The van der Waals surface area contributed by atoms with Crippen molar-refractivity contribution in [2.45, 2.75) is 44.2 Å². The number of rotatable bonds is 4. The van der Waals surface area contributed by atoms with Crippen molar-refractivity contribution in [2.24, 2.45) is 11.7 Å². The molecule has 3 nitrogen and oxygen atoms in total. The first-order chi connectivity index (χ1) is 9.92. The molecule has 2 N–H and O–H groups in total. The first kappa shape index (κ1) is 16.2. The molecule has 0 amide bonds. The van der Waals surface area contributed by atoms with Crippen LogP contribution in [0.3, 0.4) is 0 Å². The summed E-state index contributed by atoms with van der Waals surface area (Å²) in [6, 6.07) is 4.88. The van der Waals surface area contributed by atoms with Crippen molar-refractivity contribution >= 4 is 0 Å². The molecule has 0 heterocycles. The summed E-state index contributed by atoms with van der Waals surface area (Å²) < 4.78 is 19.7. The van der Waals surface area contributed by atoms with E-state index < -0.39 is 0 Å². The van der Waals surface area contributed by atoms with Gasteiger partial charge in [-0.2, -0.15) is 0 Å². The average Bonchev–Trinajstić information content (AvgIpc) is 2.46. The summed E-state index contributed by atoms with van der Waals surface area (Å²) in [5.41, 5.74) is 6.92. The Bertz CT molecular complexity index is 492. The molecule has 118 valence electrons. The van der Waals surface area contributed by atoms with E-state index in [2.05, 4.69) is 25.9 Å². The van der Waals surface area contributed by atoms with Gasteiger partial charge in [-0.05, 0) is 38.9 Å². The van der Waals surface area contributed by atoms with Crippen molar-refractivity contribution in [1.29, 1.82) is 0 Å². The Kier molecular flexibility index (Phi) is 4.89. The lowest BCUT2D eigenvalue weighted by Gasteiger charge is -2.49. The summed E-state index contributed by atoms with van der Waals surface area (Å²) in [6.45, 7) is 2.26. The largest absolute Gasteiger partial charge is 0.494 e. The van der Waals surface area contributed by atoms with Gasteiger partial charge in [0.25, 0.3) is 0 Å². The Labute approximate surface area is 127 Å². The standard InChI is InChI=1S/C17H27FN2O/c1-12-7-6-10-17(11-12,20(2)3)16(19)13-8-5-9-14(21-4)15(13)18/h5,8-9,12,16H,6-7,10-11,19H2,1-4H3. The molecule has 1 aliphatic carbocycles. The quantitative estimate of drug-likeness (QED) is 0.925. The van der Waals surface area contributed by atoms with Crippen LogP contribution in [0.15, 0.2) is 18.2 Å².